The second-order valence-corrected chi connectivity index (χ2v) is 18.1. The minimum absolute atomic E-state index is 1.09. The van der Waals surface area contributed by atoms with Crippen molar-refractivity contribution in [3.05, 3.63) is 60.7 Å². The van der Waals surface area contributed by atoms with Gasteiger partial charge in [0, 0.05) is 0 Å². The Labute approximate surface area is 105 Å². The predicted molar refractivity (Wildman–Crippen MR) is 74.2 cm³/mol. The van der Waals surface area contributed by atoms with Gasteiger partial charge in [0.25, 0.3) is 0 Å². The van der Waals surface area contributed by atoms with Crippen molar-refractivity contribution >= 4 is 33.3 Å². The average Bonchev–Trinajstić information content (AvgIpc) is 2.40. The van der Waals surface area contributed by atoms with Crippen LogP contribution in [0.2, 0.25) is 4.44 Å². The average molecular weight is 337 g/mol. The van der Waals surface area contributed by atoms with Gasteiger partial charge < -0.3 is 0 Å². The molecule has 2 rings (SSSR count). The molecule has 0 spiro atoms. The monoisotopic (exact) mass is 338 g/mol. The van der Waals surface area contributed by atoms with Gasteiger partial charge in [-0.05, 0) is 0 Å². The summed E-state index contributed by atoms with van der Waals surface area (Å²) in [4.78, 5) is 0. The molecule has 0 fully saturated rings. The van der Waals surface area contributed by atoms with E-state index in [9.17, 15) is 0 Å². The zero-order valence-electron chi connectivity index (χ0n) is 9.36. The predicted octanol–water partition coefficient (Wildman–Crippen LogP) is 3.01. The first-order valence-electron chi connectivity index (χ1n) is 5.57. The van der Waals surface area contributed by atoms with Crippen molar-refractivity contribution in [2.75, 3.05) is 0 Å². The standard InChI is InChI=1S/2C6H5.C2H5.ClH.Sn/c2*1-2-4-6-5-3-1;1-2;;/h2*1-5H;1H2,2H3;1H;/q;;;;+1/p-1. The zero-order chi connectivity index (χ0) is 11.4. The Hall–Kier alpha value is -0.471. The third-order valence-corrected chi connectivity index (χ3v) is 17.6. The second kappa shape index (κ2) is 5.24. The van der Waals surface area contributed by atoms with Crippen LogP contribution in [0.1, 0.15) is 6.92 Å². The molecule has 0 radical (unpaired) electrons. The Kier molecular flexibility index (Phi) is 3.93. The summed E-state index contributed by atoms with van der Waals surface area (Å²) in [5, 5.41) is 0. The molecule has 0 amide bonds. The van der Waals surface area contributed by atoms with Crippen LogP contribution in [0.15, 0.2) is 60.7 Å². The summed E-state index contributed by atoms with van der Waals surface area (Å²) >= 11 is -2.82. The van der Waals surface area contributed by atoms with E-state index in [0.29, 0.717) is 0 Å². The fourth-order valence-corrected chi connectivity index (χ4v) is 11.1. The summed E-state index contributed by atoms with van der Waals surface area (Å²) in [6, 6.07) is 21.2. The van der Waals surface area contributed by atoms with E-state index in [2.05, 4.69) is 55.5 Å². The SMILES string of the molecule is C[CH2][Sn]([Cl])([c]1ccccc1)[c]1ccccc1. The normalized spacial score (nSPS) is 11.4. The van der Waals surface area contributed by atoms with Crippen molar-refractivity contribution in [3.63, 3.8) is 0 Å². The van der Waals surface area contributed by atoms with E-state index in [4.69, 9.17) is 8.92 Å². The number of hydrogen-bond acceptors (Lipinski definition) is 0. The van der Waals surface area contributed by atoms with Crippen LogP contribution in [0.4, 0.5) is 0 Å². The zero-order valence-corrected chi connectivity index (χ0v) is 13.0. The summed E-state index contributed by atoms with van der Waals surface area (Å²) in [5.74, 6) is 0. The van der Waals surface area contributed by atoms with Crippen molar-refractivity contribution in [2.45, 2.75) is 11.4 Å². The van der Waals surface area contributed by atoms with Crippen molar-refractivity contribution in [1.82, 2.24) is 0 Å². The van der Waals surface area contributed by atoms with Gasteiger partial charge in [-0.2, -0.15) is 0 Å². The molecule has 0 bridgehead atoms. The molecular weight excluding hydrogens is 322 g/mol. The van der Waals surface area contributed by atoms with Crippen LogP contribution in [0.3, 0.4) is 0 Å². The molecule has 0 heterocycles. The van der Waals surface area contributed by atoms with Gasteiger partial charge in [-0.25, -0.2) is 0 Å². The van der Waals surface area contributed by atoms with Crippen LogP contribution in [0.5, 0.6) is 0 Å². The van der Waals surface area contributed by atoms with E-state index >= 15 is 0 Å². The number of halogens is 1. The minimum atomic E-state index is -2.82. The van der Waals surface area contributed by atoms with E-state index in [1.165, 1.54) is 7.16 Å². The first-order chi connectivity index (χ1) is 7.77. The Morgan fingerprint density at radius 1 is 0.812 bits per heavy atom. The molecule has 0 atom stereocenters. The molecule has 0 aliphatic carbocycles. The number of benzene rings is 2. The fraction of sp³-hybridized carbons (Fsp3) is 0.143. The van der Waals surface area contributed by atoms with Crippen molar-refractivity contribution in [1.29, 1.82) is 0 Å². The Morgan fingerprint density at radius 3 is 1.50 bits per heavy atom. The van der Waals surface area contributed by atoms with E-state index in [0.717, 1.165) is 4.44 Å². The molecule has 0 aliphatic rings. The summed E-state index contributed by atoms with van der Waals surface area (Å²) in [6.45, 7) is 2.21. The third kappa shape index (κ3) is 2.28. The van der Waals surface area contributed by atoms with Gasteiger partial charge >= 0.3 is 105 Å². The van der Waals surface area contributed by atoms with Gasteiger partial charge in [-0.1, -0.05) is 0 Å². The second-order valence-electron chi connectivity index (χ2n) is 3.89. The maximum atomic E-state index is 6.98. The quantitative estimate of drug-likeness (QED) is 0.756. The fourth-order valence-electron chi connectivity index (χ4n) is 1.98. The first-order valence-corrected chi connectivity index (χ1v) is 14.1. The van der Waals surface area contributed by atoms with Gasteiger partial charge in [0.05, 0.1) is 0 Å². The van der Waals surface area contributed by atoms with Crippen LogP contribution in [-0.2, 0) is 0 Å². The molecule has 2 aromatic carbocycles. The van der Waals surface area contributed by atoms with Crippen LogP contribution in [-0.4, -0.2) is 17.3 Å². The van der Waals surface area contributed by atoms with E-state index in [1.54, 1.807) is 0 Å². The van der Waals surface area contributed by atoms with E-state index < -0.39 is 17.3 Å². The molecule has 16 heavy (non-hydrogen) atoms. The Balaban J connectivity index is 2.49. The molecule has 0 N–H and O–H groups in total. The third-order valence-electron chi connectivity index (χ3n) is 2.95. The van der Waals surface area contributed by atoms with Crippen molar-refractivity contribution in [3.8, 4) is 0 Å². The molecule has 2 heteroatoms. The summed E-state index contributed by atoms with van der Waals surface area (Å²) in [7, 11) is 6.98. The molecule has 82 valence electrons. The molecular formula is C14H15ClSn. The van der Waals surface area contributed by atoms with Gasteiger partial charge in [0.2, 0.25) is 0 Å². The number of hydrogen-bond donors (Lipinski definition) is 0. The molecule has 0 nitrogen and oxygen atoms in total. The van der Waals surface area contributed by atoms with Gasteiger partial charge in [-0.3, -0.25) is 0 Å². The van der Waals surface area contributed by atoms with Gasteiger partial charge in [0.15, 0.2) is 0 Å². The maximum absolute atomic E-state index is 6.98. The summed E-state index contributed by atoms with van der Waals surface area (Å²) < 4.78 is 3.82. The van der Waals surface area contributed by atoms with E-state index in [1.807, 2.05) is 12.1 Å². The van der Waals surface area contributed by atoms with Crippen LogP contribution < -0.4 is 7.16 Å². The molecule has 0 saturated carbocycles. The van der Waals surface area contributed by atoms with Crippen LogP contribution in [0.25, 0.3) is 0 Å². The molecule has 0 unspecified atom stereocenters. The number of rotatable bonds is 3. The first kappa shape index (κ1) is 12.0. The van der Waals surface area contributed by atoms with Gasteiger partial charge in [-0.15, -0.1) is 0 Å². The summed E-state index contributed by atoms with van der Waals surface area (Å²) in [6.07, 6.45) is 0. The van der Waals surface area contributed by atoms with Crippen molar-refractivity contribution < 1.29 is 0 Å². The topological polar surface area (TPSA) is 0 Å². The molecule has 0 aromatic heterocycles. The molecule has 2 aromatic rings. The summed E-state index contributed by atoms with van der Waals surface area (Å²) in [5.41, 5.74) is 0. The van der Waals surface area contributed by atoms with Gasteiger partial charge in [0.1, 0.15) is 0 Å². The van der Waals surface area contributed by atoms with Crippen LogP contribution in [0, 0.1) is 0 Å². The van der Waals surface area contributed by atoms with Crippen molar-refractivity contribution in [2.24, 2.45) is 0 Å². The Morgan fingerprint density at radius 2 is 1.19 bits per heavy atom. The van der Waals surface area contributed by atoms with E-state index in [-0.39, 0.29) is 0 Å². The Bertz CT molecular complexity index is 399. The molecule has 0 saturated heterocycles. The molecule has 0 aliphatic heterocycles. The van der Waals surface area contributed by atoms with Crippen LogP contribution >= 0.6 is 8.92 Å².